The van der Waals surface area contributed by atoms with Crippen LogP contribution >= 0.6 is 0 Å². The Bertz CT molecular complexity index is 331. The van der Waals surface area contributed by atoms with E-state index < -0.39 is 0 Å². The minimum atomic E-state index is -0.0943. The maximum absolute atomic E-state index is 12.3. The van der Waals surface area contributed by atoms with Gasteiger partial charge in [-0.3, -0.25) is 9.59 Å². The van der Waals surface area contributed by atoms with Crippen molar-refractivity contribution in [1.82, 2.24) is 10.2 Å². The van der Waals surface area contributed by atoms with Gasteiger partial charge >= 0.3 is 0 Å². The summed E-state index contributed by atoms with van der Waals surface area (Å²) >= 11 is 0. The lowest BCUT2D eigenvalue weighted by atomic mass is 9.83. The van der Waals surface area contributed by atoms with Crippen molar-refractivity contribution in [1.29, 1.82) is 0 Å². The van der Waals surface area contributed by atoms with E-state index in [0.29, 0.717) is 13.0 Å². The molecule has 0 aromatic rings. The Morgan fingerprint density at radius 1 is 1.30 bits per heavy atom. The summed E-state index contributed by atoms with van der Waals surface area (Å²) in [5, 5.41) is 2.82. The summed E-state index contributed by atoms with van der Waals surface area (Å²) in [6, 6.07) is 0.235. The molecule has 1 rings (SSSR count). The number of hydrogen-bond donors (Lipinski definition) is 2. The van der Waals surface area contributed by atoms with Gasteiger partial charge in [0, 0.05) is 25.0 Å². The zero-order valence-electron chi connectivity index (χ0n) is 13.0. The molecular weight excluding hydrogens is 254 g/mol. The Hall–Kier alpha value is -1.10. The van der Waals surface area contributed by atoms with Crippen LogP contribution < -0.4 is 11.1 Å². The fourth-order valence-electron chi connectivity index (χ4n) is 2.76. The van der Waals surface area contributed by atoms with Gasteiger partial charge in [-0.25, -0.2) is 0 Å². The molecule has 5 heteroatoms. The van der Waals surface area contributed by atoms with E-state index in [1.807, 2.05) is 20.8 Å². The Morgan fingerprint density at radius 2 is 1.95 bits per heavy atom. The average Bonchev–Trinajstić information content (AvgIpc) is 2.37. The molecule has 1 fully saturated rings. The number of carbonyl (C=O) groups is 2. The summed E-state index contributed by atoms with van der Waals surface area (Å²) in [7, 11) is 0. The van der Waals surface area contributed by atoms with Gasteiger partial charge in [0.15, 0.2) is 0 Å². The predicted octanol–water partition coefficient (Wildman–Crippen LogP) is 1.27. The van der Waals surface area contributed by atoms with Crippen LogP contribution in [0, 0.1) is 5.92 Å². The van der Waals surface area contributed by atoms with E-state index in [2.05, 4.69) is 5.32 Å². The van der Waals surface area contributed by atoms with E-state index in [0.717, 1.165) is 19.3 Å². The van der Waals surface area contributed by atoms with E-state index >= 15 is 0 Å². The summed E-state index contributed by atoms with van der Waals surface area (Å²) in [6.07, 6.45) is 4.84. The molecule has 2 amide bonds. The third-order valence-corrected chi connectivity index (χ3v) is 3.92. The Morgan fingerprint density at radius 3 is 2.50 bits per heavy atom. The quantitative estimate of drug-likeness (QED) is 0.770. The minimum absolute atomic E-state index is 0.0498. The molecule has 0 bridgehead atoms. The van der Waals surface area contributed by atoms with Crippen LogP contribution in [0.1, 0.15) is 52.9 Å². The summed E-state index contributed by atoms with van der Waals surface area (Å²) in [5.74, 6) is 0.232. The smallest absolute Gasteiger partial charge is 0.239 e. The second-order valence-corrected chi connectivity index (χ2v) is 6.04. The second-order valence-electron chi connectivity index (χ2n) is 6.04. The highest BCUT2D eigenvalue weighted by Crippen LogP contribution is 2.26. The molecule has 1 aliphatic carbocycles. The van der Waals surface area contributed by atoms with E-state index in [9.17, 15) is 9.59 Å². The first-order chi connectivity index (χ1) is 9.43. The van der Waals surface area contributed by atoms with Gasteiger partial charge in [0.05, 0.1) is 6.54 Å². The van der Waals surface area contributed by atoms with Crippen molar-refractivity contribution in [2.45, 2.75) is 65.0 Å². The average molecular weight is 283 g/mol. The standard InChI is InChI=1S/C15H29N3O2/c1-4-18(10-14(19)17-11(2)3)15(20)9-12-7-5-6-8-13(12)16/h11-13H,4-10,16H2,1-3H3,(H,17,19). The third-order valence-electron chi connectivity index (χ3n) is 3.92. The van der Waals surface area contributed by atoms with Crippen LogP contribution in [-0.2, 0) is 9.59 Å². The van der Waals surface area contributed by atoms with Gasteiger partial charge < -0.3 is 16.0 Å². The first-order valence-corrected chi connectivity index (χ1v) is 7.76. The first kappa shape index (κ1) is 17.0. The molecule has 1 aliphatic rings. The number of likely N-dealkylation sites (N-methyl/N-ethyl adjacent to an activating group) is 1. The zero-order chi connectivity index (χ0) is 15.1. The van der Waals surface area contributed by atoms with Gasteiger partial charge in [0.1, 0.15) is 0 Å². The van der Waals surface area contributed by atoms with Gasteiger partial charge in [-0.05, 0) is 39.5 Å². The van der Waals surface area contributed by atoms with E-state index in [4.69, 9.17) is 5.73 Å². The number of amides is 2. The number of hydrogen-bond acceptors (Lipinski definition) is 3. The largest absolute Gasteiger partial charge is 0.352 e. The fraction of sp³-hybridized carbons (Fsp3) is 0.867. The molecule has 116 valence electrons. The molecular formula is C15H29N3O2. The Labute approximate surface area is 122 Å². The first-order valence-electron chi connectivity index (χ1n) is 7.76. The van der Waals surface area contributed by atoms with Gasteiger partial charge in [-0.2, -0.15) is 0 Å². The molecule has 20 heavy (non-hydrogen) atoms. The van der Waals surface area contributed by atoms with Crippen molar-refractivity contribution in [3.63, 3.8) is 0 Å². The predicted molar refractivity (Wildman–Crippen MR) is 80.1 cm³/mol. The molecule has 0 radical (unpaired) electrons. The van der Waals surface area contributed by atoms with Crippen LogP contribution in [-0.4, -0.2) is 41.9 Å². The highest BCUT2D eigenvalue weighted by molar-refractivity contribution is 5.85. The Balaban J connectivity index is 2.47. The lowest BCUT2D eigenvalue weighted by molar-refractivity contribution is -0.137. The highest BCUT2D eigenvalue weighted by Gasteiger charge is 2.26. The van der Waals surface area contributed by atoms with Crippen molar-refractivity contribution >= 4 is 11.8 Å². The molecule has 0 aromatic heterocycles. The molecule has 0 heterocycles. The topological polar surface area (TPSA) is 75.4 Å². The molecule has 2 unspecified atom stereocenters. The molecule has 1 saturated carbocycles. The van der Waals surface area contributed by atoms with Crippen molar-refractivity contribution < 1.29 is 9.59 Å². The molecule has 0 saturated heterocycles. The second kappa shape index (κ2) is 8.25. The minimum Gasteiger partial charge on any atom is -0.352 e. The normalized spacial score (nSPS) is 22.6. The van der Waals surface area contributed by atoms with E-state index in [1.165, 1.54) is 6.42 Å². The van der Waals surface area contributed by atoms with Gasteiger partial charge in [0.25, 0.3) is 0 Å². The lowest BCUT2D eigenvalue weighted by Gasteiger charge is -2.30. The van der Waals surface area contributed by atoms with Crippen LogP contribution in [0.25, 0.3) is 0 Å². The molecule has 0 aromatic carbocycles. The summed E-state index contributed by atoms with van der Waals surface area (Å²) in [6.45, 7) is 6.44. The molecule has 5 nitrogen and oxygen atoms in total. The SMILES string of the molecule is CCN(CC(=O)NC(C)C)C(=O)CC1CCCCC1N. The number of carbonyl (C=O) groups excluding carboxylic acids is 2. The molecule has 2 atom stereocenters. The zero-order valence-corrected chi connectivity index (χ0v) is 13.0. The van der Waals surface area contributed by atoms with E-state index in [-0.39, 0.29) is 36.4 Å². The lowest BCUT2D eigenvalue weighted by Crippen LogP contribution is -2.44. The van der Waals surface area contributed by atoms with Gasteiger partial charge in [0.2, 0.25) is 11.8 Å². The van der Waals surface area contributed by atoms with Crippen LogP contribution in [0.15, 0.2) is 0 Å². The highest BCUT2D eigenvalue weighted by atomic mass is 16.2. The van der Waals surface area contributed by atoms with Crippen molar-refractivity contribution in [3.05, 3.63) is 0 Å². The fourth-order valence-corrected chi connectivity index (χ4v) is 2.76. The van der Waals surface area contributed by atoms with Crippen LogP contribution in [0.5, 0.6) is 0 Å². The molecule has 3 N–H and O–H groups in total. The maximum atomic E-state index is 12.3. The van der Waals surface area contributed by atoms with Gasteiger partial charge in [-0.1, -0.05) is 12.8 Å². The monoisotopic (exact) mass is 283 g/mol. The molecule has 0 aliphatic heterocycles. The van der Waals surface area contributed by atoms with Crippen molar-refractivity contribution in [2.75, 3.05) is 13.1 Å². The number of nitrogens with two attached hydrogens (primary N) is 1. The maximum Gasteiger partial charge on any atom is 0.239 e. The summed E-state index contributed by atoms with van der Waals surface area (Å²) in [5.41, 5.74) is 6.09. The van der Waals surface area contributed by atoms with Crippen LogP contribution in [0.4, 0.5) is 0 Å². The van der Waals surface area contributed by atoms with Gasteiger partial charge in [-0.15, -0.1) is 0 Å². The number of nitrogens with zero attached hydrogens (tertiary/aromatic N) is 1. The van der Waals surface area contributed by atoms with Crippen LogP contribution in [0.3, 0.4) is 0 Å². The van der Waals surface area contributed by atoms with Crippen molar-refractivity contribution in [2.24, 2.45) is 11.7 Å². The summed E-state index contributed by atoms with van der Waals surface area (Å²) in [4.78, 5) is 25.7. The number of nitrogens with one attached hydrogen (secondary N) is 1. The summed E-state index contributed by atoms with van der Waals surface area (Å²) < 4.78 is 0. The van der Waals surface area contributed by atoms with Crippen molar-refractivity contribution in [3.8, 4) is 0 Å². The third kappa shape index (κ3) is 5.49. The number of rotatable bonds is 6. The Kier molecular flexibility index (Phi) is 6.99. The molecule has 0 spiro atoms. The van der Waals surface area contributed by atoms with E-state index in [1.54, 1.807) is 4.90 Å². The van der Waals surface area contributed by atoms with Crippen LogP contribution in [0.2, 0.25) is 0 Å².